The van der Waals surface area contributed by atoms with Gasteiger partial charge in [-0.05, 0) is 12.0 Å². The van der Waals surface area contributed by atoms with Gasteiger partial charge in [-0.1, -0.05) is 20.3 Å². The summed E-state index contributed by atoms with van der Waals surface area (Å²) in [6.45, 7) is 3.88. The minimum absolute atomic E-state index is 0.137. The van der Waals surface area contributed by atoms with Gasteiger partial charge in [0.1, 0.15) is 0 Å². The summed E-state index contributed by atoms with van der Waals surface area (Å²) in [7, 11) is -3.27. The molecule has 0 saturated heterocycles. The Hall–Kier alpha value is -1.10. The predicted molar refractivity (Wildman–Crippen MR) is 60.2 cm³/mol. The van der Waals surface area contributed by atoms with Crippen LogP contribution in [0.5, 0.6) is 0 Å². The highest BCUT2D eigenvalue weighted by atomic mass is 32.2. The zero-order chi connectivity index (χ0) is 11.5. The van der Waals surface area contributed by atoms with Crippen LogP contribution in [0.3, 0.4) is 0 Å². The molecule has 0 aliphatic rings. The molecule has 1 atom stereocenters. The summed E-state index contributed by atoms with van der Waals surface area (Å²) in [5.41, 5.74) is 5.81. The SMILES string of the molecule is CCC(C)CS(=O)(=O)c1ccncc1N. The molecule has 0 fully saturated rings. The van der Waals surface area contributed by atoms with Gasteiger partial charge >= 0.3 is 0 Å². The van der Waals surface area contributed by atoms with Crippen LogP contribution in [0.25, 0.3) is 0 Å². The maximum atomic E-state index is 11.9. The van der Waals surface area contributed by atoms with Crippen LogP contribution in [-0.2, 0) is 9.84 Å². The maximum absolute atomic E-state index is 11.9. The first-order valence-electron chi connectivity index (χ1n) is 4.89. The molecular weight excluding hydrogens is 212 g/mol. The van der Waals surface area contributed by atoms with Crippen LogP contribution in [0.2, 0.25) is 0 Å². The lowest BCUT2D eigenvalue weighted by atomic mass is 10.2. The third kappa shape index (κ3) is 2.92. The molecule has 0 aromatic carbocycles. The zero-order valence-electron chi connectivity index (χ0n) is 8.97. The summed E-state index contributed by atoms with van der Waals surface area (Å²) in [6, 6.07) is 1.45. The van der Waals surface area contributed by atoms with Gasteiger partial charge in [0.05, 0.1) is 22.5 Å². The van der Waals surface area contributed by atoms with Crippen LogP contribution in [0.1, 0.15) is 20.3 Å². The van der Waals surface area contributed by atoms with E-state index in [1.807, 2.05) is 13.8 Å². The van der Waals surface area contributed by atoms with Crippen molar-refractivity contribution in [1.82, 2.24) is 4.98 Å². The molecule has 0 amide bonds. The van der Waals surface area contributed by atoms with Gasteiger partial charge in [-0.2, -0.15) is 0 Å². The number of rotatable bonds is 4. The van der Waals surface area contributed by atoms with E-state index in [4.69, 9.17) is 5.73 Å². The van der Waals surface area contributed by atoms with Crippen molar-refractivity contribution in [2.24, 2.45) is 5.92 Å². The molecule has 0 bridgehead atoms. The largest absolute Gasteiger partial charge is 0.396 e. The van der Waals surface area contributed by atoms with Crippen LogP contribution in [0, 0.1) is 5.92 Å². The summed E-state index contributed by atoms with van der Waals surface area (Å²) in [5, 5.41) is 0. The number of nitrogen functional groups attached to an aromatic ring is 1. The molecule has 2 N–H and O–H groups in total. The first kappa shape index (κ1) is 12.0. The molecule has 0 radical (unpaired) electrons. The first-order chi connectivity index (χ1) is 6.97. The molecule has 1 aromatic rings. The fraction of sp³-hybridized carbons (Fsp3) is 0.500. The van der Waals surface area contributed by atoms with Crippen LogP contribution >= 0.6 is 0 Å². The van der Waals surface area contributed by atoms with E-state index in [-0.39, 0.29) is 22.3 Å². The lowest BCUT2D eigenvalue weighted by molar-refractivity contribution is 0.564. The van der Waals surface area contributed by atoms with Crippen molar-refractivity contribution in [3.63, 3.8) is 0 Å². The highest BCUT2D eigenvalue weighted by molar-refractivity contribution is 7.91. The van der Waals surface area contributed by atoms with Crippen molar-refractivity contribution >= 4 is 15.5 Å². The molecule has 0 aliphatic heterocycles. The zero-order valence-corrected chi connectivity index (χ0v) is 9.79. The van der Waals surface area contributed by atoms with Crippen LogP contribution in [0.4, 0.5) is 5.69 Å². The van der Waals surface area contributed by atoms with Crippen molar-refractivity contribution in [1.29, 1.82) is 0 Å². The highest BCUT2D eigenvalue weighted by Crippen LogP contribution is 2.20. The number of aromatic nitrogens is 1. The van der Waals surface area contributed by atoms with Gasteiger partial charge in [-0.25, -0.2) is 8.42 Å². The normalized spacial score (nSPS) is 13.7. The number of anilines is 1. The Labute approximate surface area is 90.4 Å². The summed E-state index contributed by atoms with van der Waals surface area (Å²) >= 11 is 0. The number of hydrogen-bond donors (Lipinski definition) is 1. The van der Waals surface area contributed by atoms with Crippen molar-refractivity contribution in [3.05, 3.63) is 18.5 Å². The maximum Gasteiger partial charge on any atom is 0.180 e. The van der Waals surface area contributed by atoms with Gasteiger partial charge in [-0.15, -0.1) is 0 Å². The molecule has 0 spiro atoms. The summed E-state index contributed by atoms with van der Waals surface area (Å²) in [6.07, 6.45) is 3.65. The van der Waals surface area contributed by atoms with Crippen molar-refractivity contribution in [2.75, 3.05) is 11.5 Å². The van der Waals surface area contributed by atoms with E-state index >= 15 is 0 Å². The summed E-state index contributed by atoms with van der Waals surface area (Å²) in [5.74, 6) is 0.278. The molecule has 1 aromatic heterocycles. The molecule has 5 heteroatoms. The average Bonchev–Trinajstić information content (AvgIpc) is 2.17. The molecule has 1 rings (SSSR count). The standard InChI is InChI=1S/C10H16N2O2S/c1-3-8(2)7-15(13,14)10-4-5-12-6-9(10)11/h4-6,8H,3,7,11H2,1-2H3. The Kier molecular flexibility index (Phi) is 3.68. The van der Waals surface area contributed by atoms with E-state index in [0.29, 0.717) is 0 Å². The quantitative estimate of drug-likeness (QED) is 0.847. The Bertz CT molecular complexity index is 429. The third-order valence-electron chi connectivity index (χ3n) is 2.35. The van der Waals surface area contributed by atoms with Gasteiger partial charge in [0.15, 0.2) is 9.84 Å². The average molecular weight is 228 g/mol. The van der Waals surface area contributed by atoms with Gasteiger partial charge in [0, 0.05) is 6.20 Å². The molecule has 0 aliphatic carbocycles. The predicted octanol–water partition coefficient (Wildman–Crippen LogP) is 1.48. The van der Waals surface area contributed by atoms with E-state index in [1.165, 1.54) is 18.5 Å². The second kappa shape index (κ2) is 4.61. The smallest absolute Gasteiger partial charge is 0.180 e. The number of pyridine rings is 1. The number of sulfone groups is 1. The Morgan fingerprint density at radius 1 is 1.53 bits per heavy atom. The van der Waals surface area contributed by atoms with E-state index in [1.54, 1.807) is 0 Å². The topological polar surface area (TPSA) is 73.0 Å². The first-order valence-corrected chi connectivity index (χ1v) is 6.55. The number of hydrogen-bond acceptors (Lipinski definition) is 4. The molecule has 1 unspecified atom stereocenters. The van der Waals surface area contributed by atoms with Gasteiger partial charge in [0.2, 0.25) is 0 Å². The van der Waals surface area contributed by atoms with Crippen LogP contribution in [-0.4, -0.2) is 19.2 Å². The molecule has 1 heterocycles. The van der Waals surface area contributed by atoms with E-state index < -0.39 is 9.84 Å². The molecule has 4 nitrogen and oxygen atoms in total. The van der Waals surface area contributed by atoms with E-state index in [9.17, 15) is 8.42 Å². The minimum Gasteiger partial charge on any atom is -0.396 e. The fourth-order valence-corrected chi connectivity index (χ4v) is 3.10. The second-order valence-electron chi connectivity index (χ2n) is 3.71. The Balaban J connectivity index is 3.02. The van der Waals surface area contributed by atoms with Crippen LogP contribution < -0.4 is 5.73 Å². The molecule has 15 heavy (non-hydrogen) atoms. The number of nitrogens with two attached hydrogens (primary N) is 1. The van der Waals surface area contributed by atoms with Gasteiger partial charge < -0.3 is 5.73 Å². The summed E-state index contributed by atoms with van der Waals surface area (Å²) in [4.78, 5) is 3.96. The van der Waals surface area contributed by atoms with Gasteiger partial charge in [-0.3, -0.25) is 4.98 Å². The molecular formula is C10H16N2O2S. The van der Waals surface area contributed by atoms with Crippen molar-refractivity contribution in [2.45, 2.75) is 25.2 Å². The lowest BCUT2D eigenvalue weighted by Crippen LogP contribution is -2.15. The fourth-order valence-electron chi connectivity index (χ4n) is 1.26. The van der Waals surface area contributed by atoms with Crippen molar-refractivity contribution < 1.29 is 8.42 Å². The Morgan fingerprint density at radius 2 is 2.20 bits per heavy atom. The third-order valence-corrected chi connectivity index (χ3v) is 4.40. The van der Waals surface area contributed by atoms with Crippen LogP contribution in [0.15, 0.2) is 23.4 Å². The van der Waals surface area contributed by atoms with E-state index in [0.717, 1.165) is 6.42 Å². The van der Waals surface area contributed by atoms with Gasteiger partial charge in [0.25, 0.3) is 0 Å². The second-order valence-corrected chi connectivity index (χ2v) is 5.71. The van der Waals surface area contributed by atoms with E-state index in [2.05, 4.69) is 4.98 Å². The molecule has 84 valence electrons. The highest BCUT2D eigenvalue weighted by Gasteiger charge is 2.19. The Morgan fingerprint density at radius 3 is 2.73 bits per heavy atom. The summed E-state index contributed by atoms with van der Waals surface area (Å²) < 4.78 is 23.8. The number of nitrogens with zero attached hydrogens (tertiary/aromatic N) is 1. The minimum atomic E-state index is -3.27. The monoisotopic (exact) mass is 228 g/mol. The lowest BCUT2D eigenvalue weighted by Gasteiger charge is -2.10. The molecule has 0 saturated carbocycles. The van der Waals surface area contributed by atoms with Crippen molar-refractivity contribution in [3.8, 4) is 0 Å².